The van der Waals surface area contributed by atoms with Gasteiger partial charge in [0.2, 0.25) is 11.8 Å². The van der Waals surface area contributed by atoms with E-state index < -0.39 is 17.6 Å². The molecule has 1 heterocycles. The monoisotopic (exact) mass is 481 g/mol. The molecule has 35 heavy (non-hydrogen) atoms. The maximum atomic E-state index is 13.2. The number of nitrogens with one attached hydrogen (secondary N) is 1. The molecule has 1 N–H and O–H groups in total. The summed E-state index contributed by atoms with van der Waals surface area (Å²) < 4.78 is 39.7. The van der Waals surface area contributed by atoms with Crippen LogP contribution in [0, 0.1) is 0 Å². The van der Waals surface area contributed by atoms with Crippen molar-refractivity contribution in [2.24, 2.45) is 0 Å². The highest BCUT2D eigenvalue weighted by molar-refractivity contribution is 6.03. The van der Waals surface area contributed by atoms with Gasteiger partial charge in [0.05, 0.1) is 5.56 Å². The lowest BCUT2D eigenvalue weighted by Gasteiger charge is -2.35. The lowest BCUT2D eigenvalue weighted by atomic mass is 10.1. The lowest BCUT2D eigenvalue weighted by molar-refractivity contribution is -0.138. The molecule has 0 aliphatic carbocycles. The van der Waals surface area contributed by atoms with Crippen molar-refractivity contribution in [3.63, 3.8) is 0 Å². The van der Waals surface area contributed by atoms with Gasteiger partial charge in [0, 0.05) is 38.4 Å². The number of hydrogen-bond acceptors (Lipinski definition) is 3. The molecule has 0 unspecified atom stereocenters. The van der Waals surface area contributed by atoms with Gasteiger partial charge < -0.3 is 10.2 Å². The molecule has 0 saturated carbocycles. The summed E-state index contributed by atoms with van der Waals surface area (Å²) in [7, 11) is 0. The van der Waals surface area contributed by atoms with Crippen molar-refractivity contribution in [2.75, 3.05) is 31.5 Å². The summed E-state index contributed by atoms with van der Waals surface area (Å²) in [4.78, 5) is 28.4. The fraction of sp³-hybridized carbons (Fsp3) is 0.259. The molecule has 1 fully saturated rings. The number of carbonyl (C=O) groups excluding carboxylic acids is 2. The smallest absolute Gasteiger partial charge is 0.340 e. The molecule has 1 aliphatic rings. The van der Waals surface area contributed by atoms with E-state index >= 15 is 0 Å². The summed E-state index contributed by atoms with van der Waals surface area (Å²) in [5, 5.41) is 2.75. The first-order valence-electron chi connectivity index (χ1n) is 11.4. The number of alkyl halides is 3. The van der Waals surface area contributed by atoms with E-state index in [0.29, 0.717) is 31.9 Å². The van der Waals surface area contributed by atoms with Gasteiger partial charge in [0.25, 0.3) is 0 Å². The predicted molar refractivity (Wildman–Crippen MR) is 128 cm³/mol. The molecule has 5 nitrogen and oxygen atoms in total. The molecule has 2 amide bonds. The Hall–Kier alpha value is -3.65. The Labute approximate surface area is 202 Å². The molecule has 0 bridgehead atoms. The van der Waals surface area contributed by atoms with E-state index in [1.54, 1.807) is 23.1 Å². The summed E-state index contributed by atoms with van der Waals surface area (Å²) >= 11 is 0. The zero-order valence-corrected chi connectivity index (χ0v) is 19.1. The van der Waals surface area contributed by atoms with Gasteiger partial charge in [-0.15, -0.1) is 0 Å². The topological polar surface area (TPSA) is 52.7 Å². The van der Waals surface area contributed by atoms with E-state index in [4.69, 9.17) is 0 Å². The van der Waals surface area contributed by atoms with Crippen LogP contribution in [0.3, 0.4) is 0 Å². The molecular weight excluding hydrogens is 455 g/mol. The maximum Gasteiger partial charge on any atom is 0.416 e. The van der Waals surface area contributed by atoms with Crippen molar-refractivity contribution < 1.29 is 22.8 Å². The Bertz CT molecular complexity index is 1160. The van der Waals surface area contributed by atoms with Crippen molar-refractivity contribution >= 4 is 17.5 Å². The van der Waals surface area contributed by atoms with Crippen molar-refractivity contribution in [1.29, 1.82) is 0 Å². The standard InChI is InChI=1S/C27H26F3N3O2/c28-27(29,30)24-9-5-4-8-22(24)19-32-14-16-33(17-15-32)26(35)18-25(34)31-23-12-10-21(11-13-23)20-6-2-1-3-7-20/h1-13H,14-19H2,(H,31,34). The Morgan fingerprint density at radius 1 is 0.771 bits per heavy atom. The molecule has 1 aliphatic heterocycles. The van der Waals surface area contributed by atoms with Crippen molar-refractivity contribution in [3.8, 4) is 11.1 Å². The Kier molecular flexibility index (Phi) is 7.51. The van der Waals surface area contributed by atoms with E-state index in [1.807, 2.05) is 47.4 Å². The van der Waals surface area contributed by atoms with Gasteiger partial charge in [0.15, 0.2) is 0 Å². The van der Waals surface area contributed by atoms with Crippen LogP contribution in [-0.2, 0) is 22.3 Å². The first kappa shape index (κ1) is 24.5. The SMILES string of the molecule is O=C(CC(=O)N1CCN(Cc2ccccc2C(F)(F)F)CC1)Nc1ccc(-c2ccccc2)cc1. The third kappa shape index (κ3) is 6.48. The van der Waals surface area contributed by atoms with Crippen LogP contribution in [-0.4, -0.2) is 47.8 Å². The number of halogens is 3. The number of anilines is 1. The molecule has 182 valence electrons. The van der Waals surface area contributed by atoms with Crippen LogP contribution in [0.4, 0.5) is 18.9 Å². The number of nitrogens with zero attached hydrogens (tertiary/aromatic N) is 2. The van der Waals surface area contributed by atoms with Gasteiger partial charge in [-0.25, -0.2) is 0 Å². The number of carbonyl (C=O) groups is 2. The van der Waals surface area contributed by atoms with Gasteiger partial charge in [-0.3, -0.25) is 14.5 Å². The third-order valence-electron chi connectivity index (χ3n) is 6.03. The number of hydrogen-bond donors (Lipinski definition) is 1. The number of piperazine rings is 1. The summed E-state index contributed by atoms with van der Waals surface area (Å²) in [5.41, 5.74) is 2.29. The Morgan fingerprint density at radius 3 is 2.03 bits per heavy atom. The number of amides is 2. The molecule has 8 heteroatoms. The minimum absolute atomic E-state index is 0.164. The highest BCUT2D eigenvalue weighted by atomic mass is 19.4. The van der Waals surface area contributed by atoms with Crippen LogP contribution in [0.1, 0.15) is 17.5 Å². The van der Waals surface area contributed by atoms with Gasteiger partial charge in [-0.1, -0.05) is 60.7 Å². The van der Waals surface area contributed by atoms with Crippen LogP contribution in [0.2, 0.25) is 0 Å². The highest BCUT2D eigenvalue weighted by Gasteiger charge is 2.33. The van der Waals surface area contributed by atoms with Crippen LogP contribution in [0.15, 0.2) is 78.9 Å². The van der Waals surface area contributed by atoms with E-state index in [0.717, 1.165) is 17.2 Å². The minimum atomic E-state index is -4.40. The summed E-state index contributed by atoms with van der Waals surface area (Å²) in [6, 6.07) is 22.8. The predicted octanol–water partition coefficient (Wildman–Crippen LogP) is 5.05. The second-order valence-corrected chi connectivity index (χ2v) is 8.48. The van der Waals surface area contributed by atoms with E-state index in [1.165, 1.54) is 12.1 Å². The van der Waals surface area contributed by atoms with Crippen LogP contribution < -0.4 is 5.32 Å². The maximum absolute atomic E-state index is 13.2. The van der Waals surface area contributed by atoms with Gasteiger partial charge in [-0.05, 0) is 34.9 Å². The molecule has 0 radical (unpaired) electrons. The van der Waals surface area contributed by atoms with Gasteiger partial charge in [0.1, 0.15) is 6.42 Å². The quantitative estimate of drug-likeness (QED) is 0.502. The van der Waals surface area contributed by atoms with Crippen LogP contribution in [0.25, 0.3) is 11.1 Å². The zero-order chi connectivity index (χ0) is 24.8. The second kappa shape index (κ2) is 10.7. The molecule has 1 saturated heterocycles. The van der Waals surface area contributed by atoms with Gasteiger partial charge in [-0.2, -0.15) is 13.2 Å². The largest absolute Gasteiger partial charge is 0.416 e. The molecule has 0 aromatic heterocycles. The summed E-state index contributed by atoms with van der Waals surface area (Å²) in [5.74, 6) is -0.692. The van der Waals surface area contributed by atoms with E-state index in [9.17, 15) is 22.8 Å². The van der Waals surface area contributed by atoms with Crippen molar-refractivity contribution in [2.45, 2.75) is 19.1 Å². The van der Waals surface area contributed by atoms with Crippen molar-refractivity contribution in [3.05, 3.63) is 90.0 Å². The minimum Gasteiger partial charge on any atom is -0.340 e. The van der Waals surface area contributed by atoms with Crippen LogP contribution in [0.5, 0.6) is 0 Å². The molecule has 0 spiro atoms. The number of rotatable bonds is 6. The molecule has 3 aromatic carbocycles. The molecular formula is C27H26F3N3O2. The van der Waals surface area contributed by atoms with Crippen molar-refractivity contribution in [1.82, 2.24) is 9.80 Å². The normalized spacial score (nSPS) is 14.5. The average molecular weight is 482 g/mol. The fourth-order valence-electron chi connectivity index (χ4n) is 4.16. The highest BCUT2D eigenvalue weighted by Crippen LogP contribution is 2.32. The van der Waals surface area contributed by atoms with E-state index in [2.05, 4.69) is 5.32 Å². The second-order valence-electron chi connectivity index (χ2n) is 8.48. The lowest BCUT2D eigenvalue weighted by Crippen LogP contribution is -2.49. The van der Waals surface area contributed by atoms with E-state index in [-0.39, 0.29) is 24.4 Å². The molecule has 4 rings (SSSR count). The van der Waals surface area contributed by atoms with Gasteiger partial charge >= 0.3 is 6.18 Å². The number of benzene rings is 3. The fourth-order valence-corrected chi connectivity index (χ4v) is 4.16. The average Bonchev–Trinajstić information content (AvgIpc) is 2.85. The summed E-state index contributed by atoms with van der Waals surface area (Å²) in [6.07, 6.45) is -4.68. The Morgan fingerprint density at radius 2 is 1.37 bits per heavy atom. The first-order valence-corrected chi connectivity index (χ1v) is 11.4. The van der Waals surface area contributed by atoms with Crippen LogP contribution >= 0.6 is 0 Å². The first-order chi connectivity index (χ1) is 16.8. The molecule has 3 aromatic rings. The Balaban J connectivity index is 1.25. The molecule has 0 atom stereocenters. The zero-order valence-electron chi connectivity index (χ0n) is 19.1. The third-order valence-corrected chi connectivity index (χ3v) is 6.03. The summed E-state index contributed by atoms with van der Waals surface area (Å²) in [6.45, 7) is 1.79.